The molecule has 1 aliphatic rings. The van der Waals surface area contributed by atoms with E-state index >= 15 is 0 Å². The number of amides is 1. The monoisotopic (exact) mass is 398 g/mol. The molecule has 1 saturated carbocycles. The number of aryl methyl sites for hydroxylation is 1. The second kappa shape index (κ2) is 11.7. The summed E-state index contributed by atoms with van der Waals surface area (Å²) in [6.45, 7) is 5.49. The zero-order valence-corrected chi connectivity index (χ0v) is 17.5. The highest BCUT2D eigenvalue weighted by atomic mass is 16.2. The molecule has 0 spiro atoms. The quantitative estimate of drug-likeness (QED) is 0.507. The predicted molar refractivity (Wildman–Crippen MR) is 115 cm³/mol. The van der Waals surface area contributed by atoms with E-state index in [4.69, 9.17) is 0 Å². The Morgan fingerprint density at radius 1 is 1.00 bits per heavy atom. The third kappa shape index (κ3) is 6.94. The largest absolute Gasteiger partial charge is 0.351 e. The van der Waals surface area contributed by atoms with E-state index in [0.717, 1.165) is 44.2 Å². The van der Waals surface area contributed by atoms with Gasteiger partial charge in [-0.3, -0.25) is 4.79 Å². The van der Waals surface area contributed by atoms with Crippen LogP contribution < -0.4 is 16.0 Å². The van der Waals surface area contributed by atoms with E-state index in [2.05, 4.69) is 26.1 Å². The van der Waals surface area contributed by atoms with Gasteiger partial charge in [0.15, 0.2) is 5.69 Å². The predicted octanol–water partition coefficient (Wildman–Crippen LogP) is 2.60. The fourth-order valence-electron chi connectivity index (χ4n) is 3.72. The van der Waals surface area contributed by atoms with Gasteiger partial charge in [-0.1, -0.05) is 37.5 Å². The minimum Gasteiger partial charge on any atom is -0.351 e. The van der Waals surface area contributed by atoms with Crippen molar-refractivity contribution in [2.75, 3.05) is 26.2 Å². The van der Waals surface area contributed by atoms with Crippen LogP contribution in [0.1, 0.15) is 61.1 Å². The Labute approximate surface area is 173 Å². The molecule has 1 fully saturated rings. The van der Waals surface area contributed by atoms with Gasteiger partial charge in [0.1, 0.15) is 0 Å². The third-order valence-electron chi connectivity index (χ3n) is 5.39. The van der Waals surface area contributed by atoms with Crippen molar-refractivity contribution >= 4 is 5.91 Å². The van der Waals surface area contributed by atoms with Crippen molar-refractivity contribution in [3.8, 4) is 5.69 Å². The molecule has 7 heteroatoms. The molecule has 0 radical (unpaired) electrons. The molecule has 3 N–H and O–H groups in total. The smallest absolute Gasteiger partial charge is 0.273 e. The number of hydrogen-bond acceptors (Lipinski definition) is 5. The lowest BCUT2D eigenvalue weighted by atomic mass is 9.95. The van der Waals surface area contributed by atoms with E-state index in [1.54, 1.807) is 0 Å². The van der Waals surface area contributed by atoms with Crippen LogP contribution in [-0.2, 0) is 0 Å². The van der Waals surface area contributed by atoms with Gasteiger partial charge in [-0.25, -0.2) is 0 Å². The molecule has 7 nitrogen and oxygen atoms in total. The molecule has 158 valence electrons. The van der Waals surface area contributed by atoms with Crippen molar-refractivity contribution in [3.63, 3.8) is 0 Å². The van der Waals surface area contributed by atoms with Gasteiger partial charge in [-0.15, -0.1) is 5.10 Å². The topological polar surface area (TPSA) is 83.9 Å². The van der Waals surface area contributed by atoms with Crippen LogP contribution in [0.3, 0.4) is 0 Å². The number of carbonyl (C=O) groups excluding carboxylic acids is 1. The number of hydrogen-bond donors (Lipinski definition) is 3. The molecule has 0 saturated heterocycles. The fraction of sp³-hybridized carbons (Fsp3) is 0.591. The van der Waals surface area contributed by atoms with E-state index in [9.17, 15) is 4.79 Å². The molecule has 0 unspecified atom stereocenters. The highest BCUT2D eigenvalue weighted by molar-refractivity contribution is 5.93. The van der Waals surface area contributed by atoms with Crippen LogP contribution in [0.2, 0.25) is 0 Å². The highest BCUT2D eigenvalue weighted by Crippen LogP contribution is 2.16. The molecule has 0 aliphatic heterocycles. The highest BCUT2D eigenvalue weighted by Gasteiger charge is 2.15. The number of nitrogens with zero attached hydrogens (tertiary/aromatic N) is 3. The van der Waals surface area contributed by atoms with Crippen molar-refractivity contribution < 1.29 is 4.79 Å². The summed E-state index contributed by atoms with van der Waals surface area (Å²) in [6.07, 6.45) is 8.80. The maximum Gasteiger partial charge on any atom is 0.273 e. The first kappa shape index (κ1) is 21.5. The minimum atomic E-state index is -0.158. The second-order valence-corrected chi connectivity index (χ2v) is 7.76. The van der Waals surface area contributed by atoms with Crippen LogP contribution in [-0.4, -0.2) is 53.1 Å². The first-order chi connectivity index (χ1) is 14.2. The van der Waals surface area contributed by atoms with E-state index in [1.165, 1.54) is 36.9 Å². The van der Waals surface area contributed by atoms with Crippen molar-refractivity contribution in [2.24, 2.45) is 0 Å². The summed E-state index contributed by atoms with van der Waals surface area (Å²) in [5, 5.41) is 18.8. The normalized spacial score (nSPS) is 14.8. The number of benzene rings is 1. The van der Waals surface area contributed by atoms with Gasteiger partial charge in [0.25, 0.3) is 5.91 Å². The number of para-hydroxylation sites is 1. The average molecular weight is 399 g/mol. The van der Waals surface area contributed by atoms with E-state index in [1.807, 2.05) is 37.3 Å². The molecule has 1 aromatic heterocycles. The SMILES string of the molecule is Cc1nn(-c2ccccc2)nc1C(=O)NCCCCNCCNC1CCCCC1. The van der Waals surface area contributed by atoms with Crippen LogP contribution in [0.4, 0.5) is 0 Å². The summed E-state index contributed by atoms with van der Waals surface area (Å²) < 4.78 is 0. The van der Waals surface area contributed by atoms with E-state index in [0.29, 0.717) is 17.9 Å². The van der Waals surface area contributed by atoms with Gasteiger partial charge in [0.2, 0.25) is 0 Å². The Morgan fingerprint density at radius 2 is 1.76 bits per heavy atom. The Bertz CT molecular complexity index is 739. The van der Waals surface area contributed by atoms with Crippen molar-refractivity contribution in [3.05, 3.63) is 41.7 Å². The Balaban J connectivity index is 1.26. The summed E-state index contributed by atoms with van der Waals surface area (Å²) in [5.41, 5.74) is 1.87. The number of rotatable bonds is 11. The molecule has 1 amide bonds. The zero-order valence-electron chi connectivity index (χ0n) is 17.5. The van der Waals surface area contributed by atoms with E-state index < -0.39 is 0 Å². The average Bonchev–Trinajstić information content (AvgIpc) is 3.15. The molecular weight excluding hydrogens is 364 g/mol. The van der Waals surface area contributed by atoms with Crippen LogP contribution in [0.5, 0.6) is 0 Å². The molecule has 0 bridgehead atoms. The van der Waals surface area contributed by atoms with Gasteiger partial charge in [-0.2, -0.15) is 9.90 Å². The summed E-state index contributed by atoms with van der Waals surface area (Å²) in [7, 11) is 0. The molecule has 29 heavy (non-hydrogen) atoms. The van der Waals surface area contributed by atoms with Gasteiger partial charge in [0, 0.05) is 25.7 Å². The summed E-state index contributed by atoms with van der Waals surface area (Å²) in [4.78, 5) is 13.9. The van der Waals surface area contributed by atoms with Crippen molar-refractivity contribution in [1.29, 1.82) is 0 Å². The Kier molecular flexibility index (Phi) is 8.64. The summed E-state index contributed by atoms with van der Waals surface area (Å²) >= 11 is 0. The van der Waals surface area contributed by atoms with Crippen molar-refractivity contribution in [1.82, 2.24) is 30.9 Å². The third-order valence-corrected chi connectivity index (χ3v) is 5.39. The molecule has 1 heterocycles. The lowest BCUT2D eigenvalue weighted by Gasteiger charge is -2.22. The lowest BCUT2D eigenvalue weighted by molar-refractivity contribution is 0.0947. The Morgan fingerprint density at radius 3 is 2.55 bits per heavy atom. The van der Waals surface area contributed by atoms with Gasteiger partial charge in [0.05, 0.1) is 11.4 Å². The van der Waals surface area contributed by atoms with Crippen LogP contribution in [0.15, 0.2) is 30.3 Å². The maximum atomic E-state index is 12.4. The van der Waals surface area contributed by atoms with Gasteiger partial charge < -0.3 is 16.0 Å². The summed E-state index contributed by atoms with van der Waals surface area (Å²) in [6, 6.07) is 10.3. The van der Waals surface area contributed by atoms with Crippen LogP contribution in [0.25, 0.3) is 5.69 Å². The van der Waals surface area contributed by atoms with Crippen LogP contribution in [0, 0.1) is 6.92 Å². The number of nitrogens with one attached hydrogen (secondary N) is 3. The summed E-state index contributed by atoms with van der Waals surface area (Å²) in [5.74, 6) is -0.158. The number of carbonyl (C=O) groups is 1. The van der Waals surface area contributed by atoms with Gasteiger partial charge >= 0.3 is 0 Å². The standard InChI is InChI=1S/C22H34N6O/c1-18-21(27-28(26-18)20-12-6-3-7-13-20)22(29)25-15-9-8-14-23-16-17-24-19-10-4-2-5-11-19/h3,6-7,12-13,19,23-24H,2,4-5,8-11,14-17H2,1H3,(H,25,29). The first-order valence-electron chi connectivity index (χ1n) is 11.0. The Hall–Kier alpha value is -2.25. The van der Waals surface area contributed by atoms with Crippen LogP contribution >= 0.6 is 0 Å². The first-order valence-corrected chi connectivity index (χ1v) is 11.0. The molecule has 1 aliphatic carbocycles. The maximum absolute atomic E-state index is 12.4. The molecule has 0 atom stereocenters. The fourth-order valence-corrected chi connectivity index (χ4v) is 3.72. The number of unbranched alkanes of at least 4 members (excludes halogenated alkanes) is 1. The molecule has 3 rings (SSSR count). The molecule has 1 aromatic carbocycles. The van der Waals surface area contributed by atoms with E-state index in [-0.39, 0.29) is 5.91 Å². The second-order valence-electron chi connectivity index (χ2n) is 7.76. The van der Waals surface area contributed by atoms with Gasteiger partial charge in [-0.05, 0) is 51.3 Å². The zero-order chi connectivity index (χ0) is 20.3. The van der Waals surface area contributed by atoms with Crippen molar-refractivity contribution in [2.45, 2.75) is 57.9 Å². The molecular formula is C22H34N6O. The number of aromatic nitrogens is 3. The molecule has 2 aromatic rings. The minimum absolute atomic E-state index is 0.158. The lowest BCUT2D eigenvalue weighted by Crippen LogP contribution is -2.36.